The van der Waals surface area contributed by atoms with Crippen LogP contribution in [0.5, 0.6) is 0 Å². The molecule has 0 aromatic carbocycles. The van der Waals surface area contributed by atoms with Gasteiger partial charge in [0.05, 0.1) is 12.0 Å². The Bertz CT molecular complexity index is 252. The highest BCUT2D eigenvalue weighted by Crippen LogP contribution is 2.17. The lowest BCUT2D eigenvalue weighted by Crippen LogP contribution is -2.24. The molecule has 0 aliphatic carbocycles. The fraction of sp³-hybridized carbons (Fsp3) is 0.667. The predicted octanol–water partition coefficient (Wildman–Crippen LogP) is 2.53. The fourth-order valence-corrected chi connectivity index (χ4v) is 2.17. The zero-order valence-corrected chi connectivity index (χ0v) is 10.9. The molecule has 0 aliphatic rings. The Morgan fingerprint density at radius 3 is 3.12 bits per heavy atom. The molecule has 0 spiro atoms. The highest BCUT2D eigenvalue weighted by Gasteiger charge is 2.03. The zero-order valence-electron chi connectivity index (χ0n) is 10.1. The van der Waals surface area contributed by atoms with Gasteiger partial charge < -0.3 is 14.5 Å². The zero-order chi connectivity index (χ0) is 11.6. The molecule has 1 unspecified atom stereocenters. The van der Waals surface area contributed by atoms with Crippen LogP contribution in [0.4, 0.5) is 0 Å². The summed E-state index contributed by atoms with van der Waals surface area (Å²) < 4.78 is 10.3. The molecule has 0 aliphatic heterocycles. The Hall–Kier alpha value is -0.450. The summed E-state index contributed by atoms with van der Waals surface area (Å²) in [5.74, 6) is 2.00. The quantitative estimate of drug-likeness (QED) is 0.676. The van der Waals surface area contributed by atoms with Crippen LogP contribution in [0.3, 0.4) is 0 Å². The molecule has 3 nitrogen and oxygen atoms in total. The van der Waals surface area contributed by atoms with Gasteiger partial charge in [-0.25, -0.2) is 0 Å². The highest BCUT2D eigenvalue weighted by molar-refractivity contribution is 7.99. The van der Waals surface area contributed by atoms with Gasteiger partial charge in [0.25, 0.3) is 0 Å². The van der Waals surface area contributed by atoms with Crippen LogP contribution in [0.15, 0.2) is 22.8 Å². The monoisotopic (exact) mass is 243 g/mol. The van der Waals surface area contributed by atoms with Gasteiger partial charge in [-0.15, -0.1) is 11.8 Å². The molecule has 92 valence electrons. The SMILES string of the molecule is COCCCNCC(C)SCc1ccco1. The molecule has 1 rings (SSSR count). The number of methoxy groups -OCH3 is 1. The van der Waals surface area contributed by atoms with E-state index in [1.165, 1.54) is 0 Å². The maximum Gasteiger partial charge on any atom is 0.113 e. The molecule has 1 heterocycles. The summed E-state index contributed by atoms with van der Waals surface area (Å²) in [6, 6.07) is 3.95. The van der Waals surface area contributed by atoms with Gasteiger partial charge in [-0.1, -0.05) is 6.92 Å². The van der Waals surface area contributed by atoms with Crippen LogP contribution in [0.2, 0.25) is 0 Å². The lowest BCUT2D eigenvalue weighted by molar-refractivity contribution is 0.194. The number of ether oxygens (including phenoxy) is 1. The van der Waals surface area contributed by atoms with Gasteiger partial charge in [-0.2, -0.15) is 0 Å². The minimum atomic E-state index is 0.604. The number of furan rings is 1. The standard InChI is InChI=1S/C12H21NO2S/c1-11(9-13-6-4-7-14-2)16-10-12-5-3-8-15-12/h3,5,8,11,13H,4,6-7,9-10H2,1-2H3. The lowest BCUT2D eigenvalue weighted by atomic mass is 10.4. The Labute approximate surface area is 102 Å². The molecule has 0 saturated heterocycles. The normalized spacial score (nSPS) is 12.9. The maximum absolute atomic E-state index is 5.28. The third-order valence-corrected chi connectivity index (χ3v) is 3.41. The van der Waals surface area contributed by atoms with E-state index in [-0.39, 0.29) is 0 Å². The van der Waals surface area contributed by atoms with Gasteiger partial charge in [0.15, 0.2) is 0 Å². The smallest absolute Gasteiger partial charge is 0.113 e. The number of thioether (sulfide) groups is 1. The van der Waals surface area contributed by atoms with Crippen LogP contribution < -0.4 is 5.32 Å². The van der Waals surface area contributed by atoms with Gasteiger partial charge in [0.1, 0.15) is 5.76 Å². The second kappa shape index (κ2) is 8.67. The van der Waals surface area contributed by atoms with Crippen LogP contribution >= 0.6 is 11.8 Å². The Morgan fingerprint density at radius 1 is 1.56 bits per heavy atom. The van der Waals surface area contributed by atoms with E-state index in [4.69, 9.17) is 9.15 Å². The molecule has 0 fully saturated rings. The van der Waals surface area contributed by atoms with E-state index in [0.29, 0.717) is 5.25 Å². The van der Waals surface area contributed by atoms with Crippen molar-refractivity contribution >= 4 is 11.8 Å². The van der Waals surface area contributed by atoms with Crippen LogP contribution in [-0.2, 0) is 10.5 Å². The summed E-state index contributed by atoms with van der Waals surface area (Å²) in [7, 11) is 1.74. The first-order valence-electron chi connectivity index (χ1n) is 5.66. The largest absolute Gasteiger partial charge is 0.468 e. The molecule has 1 atom stereocenters. The van der Waals surface area contributed by atoms with Crippen molar-refractivity contribution in [2.45, 2.75) is 24.3 Å². The number of rotatable bonds is 9. The molecule has 1 aromatic rings. The predicted molar refractivity (Wildman–Crippen MR) is 68.8 cm³/mol. The maximum atomic E-state index is 5.28. The van der Waals surface area contributed by atoms with Crippen molar-refractivity contribution in [3.05, 3.63) is 24.2 Å². The topological polar surface area (TPSA) is 34.4 Å². The van der Waals surface area contributed by atoms with Crippen molar-refractivity contribution in [2.24, 2.45) is 0 Å². The second-order valence-electron chi connectivity index (χ2n) is 3.75. The fourth-order valence-electron chi connectivity index (χ4n) is 1.32. The van der Waals surface area contributed by atoms with Crippen molar-refractivity contribution in [1.29, 1.82) is 0 Å². The third-order valence-electron chi connectivity index (χ3n) is 2.22. The first-order valence-corrected chi connectivity index (χ1v) is 6.71. The molecular formula is C12H21NO2S. The van der Waals surface area contributed by atoms with Crippen LogP contribution in [-0.4, -0.2) is 32.1 Å². The molecule has 4 heteroatoms. The Balaban J connectivity index is 1.96. The average Bonchev–Trinajstić information content (AvgIpc) is 2.79. The van der Waals surface area contributed by atoms with Gasteiger partial charge in [0, 0.05) is 25.5 Å². The number of nitrogens with one attached hydrogen (secondary N) is 1. The molecule has 0 amide bonds. The van der Waals surface area contributed by atoms with Crippen LogP contribution in [0, 0.1) is 0 Å². The van der Waals surface area contributed by atoms with E-state index >= 15 is 0 Å². The summed E-state index contributed by atoms with van der Waals surface area (Å²) in [5, 5.41) is 4.02. The minimum absolute atomic E-state index is 0.604. The summed E-state index contributed by atoms with van der Waals surface area (Å²) in [6.45, 7) is 5.13. The summed E-state index contributed by atoms with van der Waals surface area (Å²) in [6.07, 6.45) is 2.80. The lowest BCUT2D eigenvalue weighted by Gasteiger charge is -2.11. The summed E-state index contributed by atoms with van der Waals surface area (Å²) >= 11 is 1.91. The molecule has 1 aromatic heterocycles. The van der Waals surface area contributed by atoms with Gasteiger partial charge in [0.2, 0.25) is 0 Å². The van der Waals surface area contributed by atoms with Crippen LogP contribution in [0.1, 0.15) is 19.1 Å². The van der Waals surface area contributed by atoms with Crippen molar-refractivity contribution in [3.8, 4) is 0 Å². The van der Waals surface area contributed by atoms with E-state index in [1.54, 1.807) is 13.4 Å². The Kier molecular flexibility index (Phi) is 7.38. The van der Waals surface area contributed by atoms with Crippen molar-refractivity contribution in [2.75, 3.05) is 26.8 Å². The van der Waals surface area contributed by atoms with Gasteiger partial charge >= 0.3 is 0 Å². The molecule has 0 radical (unpaired) electrons. The van der Waals surface area contributed by atoms with E-state index in [2.05, 4.69) is 12.2 Å². The summed E-state index contributed by atoms with van der Waals surface area (Å²) in [4.78, 5) is 0. The van der Waals surface area contributed by atoms with Gasteiger partial charge in [-0.05, 0) is 25.1 Å². The van der Waals surface area contributed by atoms with Gasteiger partial charge in [-0.3, -0.25) is 0 Å². The second-order valence-corrected chi connectivity index (χ2v) is 5.18. The van der Waals surface area contributed by atoms with E-state index in [9.17, 15) is 0 Å². The van der Waals surface area contributed by atoms with Crippen molar-refractivity contribution in [1.82, 2.24) is 5.32 Å². The average molecular weight is 243 g/mol. The van der Waals surface area contributed by atoms with E-state index in [0.717, 1.165) is 37.6 Å². The molecular weight excluding hydrogens is 222 g/mol. The molecule has 16 heavy (non-hydrogen) atoms. The van der Waals surface area contributed by atoms with Crippen molar-refractivity contribution in [3.63, 3.8) is 0 Å². The number of hydrogen-bond donors (Lipinski definition) is 1. The molecule has 0 saturated carbocycles. The minimum Gasteiger partial charge on any atom is -0.468 e. The molecule has 1 N–H and O–H groups in total. The summed E-state index contributed by atoms with van der Waals surface area (Å²) in [5.41, 5.74) is 0. The van der Waals surface area contributed by atoms with E-state index in [1.807, 2.05) is 23.9 Å². The molecule has 0 bridgehead atoms. The first kappa shape index (κ1) is 13.6. The van der Waals surface area contributed by atoms with Crippen molar-refractivity contribution < 1.29 is 9.15 Å². The number of hydrogen-bond acceptors (Lipinski definition) is 4. The van der Waals surface area contributed by atoms with Crippen LogP contribution in [0.25, 0.3) is 0 Å². The van der Waals surface area contributed by atoms with E-state index < -0.39 is 0 Å². The first-order chi connectivity index (χ1) is 7.83. The third kappa shape index (κ3) is 6.20. The Morgan fingerprint density at radius 2 is 2.44 bits per heavy atom. The highest BCUT2D eigenvalue weighted by atomic mass is 32.2.